The van der Waals surface area contributed by atoms with Gasteiger partial charge in [-0.15, -0.1) is 0 Å². The molecule has 0 radical (unpaired) electrons. The normalized spacial score (nSPS) is 37.3. The lowest BCUT2D eigenvalue weighted by Gasteiger charge is -2.36. The van der Waals surface area contributed by atoms with Crippen LogP contribution in [0, 0.1) is 5.41 Å². The molecule has 3 heteroatoms. The number of carbonyl (C=O) groups excluding carboxylic acids is 2. The van der Waals surface area contributed by atoms with Crippen molar-refractivity contribution in [1.82, 2.24) is 0 Å². The smallest absolute Gasteiger partial charge is 0.162 e. The van der Waals surface area contributed by atoms with E-state index in [-0.39, 0.29) is 34.6 Å². The summed E-state index contributed by atoms with van der Waals surface area (Å²) in [6, 6.07) is 0. The van der Waals surface area contributed by atoms with E-state index in [1.165, 1.54) is 13.3 Å². The lowest BCUT2D eigenvalue weighted by atomic mass is 9.64. The zero-order valence-electron chi connectivity index (χ0n) is 11.7. The highest BCUT2D eigenvalue weighted by Crippen LogP contribution is 2.65. The molecule has 1 heterocycles. The van der Waals surface area contributed by atoms with Crippen molar-refractivity contribution in [3.8, 4) is 0 Å². The lowest BCUT2D eigenvalue weighted by Crippen LogP contribution is -2.41. The van der Waals surface area contributed by atoms with E-state index in [9.17, 15) is 9.59 Å². The molecule has 0 aromatic carbocycles. The van der Waals surface area contributed by atoms with Gasteiger partial charge in [0.05, 0.1) is 12.0 Å². The Morgan fingerprint density at radius 1 is 1.22 bits per heavy atom. The third-order valence-electron chi connectivity index (χ3n) is 4.52. The van der Waals surface area contributed by atoms with Crippen LogP contribution in [-0.2, 0) is 14.3 Å². The number of fused-ring (bicyclic) bond motifs is 1. The van der Waals surface area contributed by atoms with Gasteiger partial charge < -0.3 is 4.74 Å². The van der Waals surface area contributed by atoms with Gasteiger partial charge in [-0.25, -0.2) is 0 Å². The molecule has 2 unspecified atom stereocenters. The minimum absolute atomic E-state index is 0.0102. The van der Waals surface area contributed by atoms with Crippen molar-refractivity contribution in [2.24, 2.45) is 5.41 Å². The van der Waals surface area contributed by atoms with E-state index in [2.05, 4.69) is 20.8 Å². The second-order valence-corrected chi connectivity index (χ2v) is 6.48. The molecule has 2 rings (SSSR count). The van der Waals surface area contributed by atoms with Crippen LogP contribution in [0.2, 0.25) is 0 Å². The zero-order chi connectivity index (χ0) is 13.6. The maximum Gasteiger partial charge on any atom is 0.162 e. The fourth-order valence-corrected chi connectivity index (χ4v) is 3.42. The van der Waals surface area contributed by atoms with Gasteiger partial charge in [0, 0.05) is 5.41 Å². The summed E-state index contributed by atoms with van der Waals surface area (Å²) in [7, 11) is 0. The number of rotatable bonds is 4. The molecule has 0 amide bonds. The number of ketones is 2. The Hall–Kier alpha value is -0.960. The molecule has 1 aliphatic carbocycles. The quantitative estimate of drug-likeness (QED) is 0.438. The van der Waals surface area contributed by atoms with Crippen molar-refractivity contribution >= 4 is 11.6 Å². The summed E-state index contributed by atoms with van der Waals surface area (Å²) in [5.41, 5.74) is -0.389. The van der Waals surface area contributed by atoms with Crippen molar-refractivity contribution < 1.29 is 14.3 Å². The first kappa shape index (κ1) is 13.5. The molecule has 18 heavy (non-hydrogen) atoms. The summed E-state index contributed by atoms with van der Waals surface area (Å²) in [6.07, 6.45) is 6.75. The summed E-state index contributed by atoms with van der Waals surface area (Å²) >= 11 is 0. The number of carbonyl (C=O) groups is 2. The van der Waals surface area contributed by atoms with Crippen LogP contribution in [0.25, 0.3) is 0 Å². The lowest BCUT2D eigenvalue weighted by molar-refractivity contribution is -0.123. The van der Waals surface area contributed by atoms with Crippen LogP contribution < -0.4 is 0 Å². The molecule has 2 aliphatic rings. The van der Waals surface area contributed by atoms with E-state index in [1.54, 1.807) is 6.08 Å². The van der Waals surface area contributed by atoms with Gasteiger partial charge in [-0.3, -0.25) is 9.59 Å². The van der Waals surface area contributed by atoms with Crippen LogP contribution in [0.15, 0.2) is 12.2 Å². The van der Waals surface area contributed by atoms with Gasteiger partial charge in [0.25, 0.3) is 0 Å². The second kappa shape index (κ2) is 4.02. The van der Waals surface area contributed by atoms with E-state index in [1.807, 2.05) is 6.08 Å². The van der Waals surface area contributed by atoms with E-state index in [4.69, 9.17) is 4.74 Å². The number of hydrogen-bond donors (Lipinski definition) is 0. The molecule has 0 N–H and O–H groups in total. The first-order valence-corrected chi connectivity index (χ1v) is 6.64. The Bertz CT molecular complexity index is 421. The van der Waals surface area contributed by atoms with Crippen molar-refractivity contribution in [2.75, 3.05) is 0 Å². The number of epoxide rings is 1. The van der Waals surface area contributed by atoms with Crippen molar-refractivity contribution in [1.29, 1.82) is 0 Å². The van der Waals surface area contributed by atoms with E-state index < -0.39 is 0 Å². The maximum atomic E-state index is 11.6. The Morgan fingerprint density at radius 2 is 1.89 bits per heavy atom. The van der Waals surface area contributed by atoms with Crippen LogP contribution in [0.3, 0.4) is 0 Å². The van der Waals surface area contributed by atoms with E-state index in [0.717, 1.165) is 12.8 Å². The fraction of sp³-hybridized carbons (Fsp3) is 0.733. The molecule has 0 bridgehead atoms. The van der Waals surface area contributed by atoms with Gasteiger partial charge in [-0.05, 0) is 45.3 Å². The van der Waals surface area contributed by atoms with Crippen LogP contribution >= 0.6 is 0 Å². The molecule has 1 aliphatic heterocycles. The number of Topliss-reactive ketones (excluding diaryl/α,β-unsaturated/α-hetero) is 1. The summed E-state index contributed by atoms with van der Waals surface area (Å²) in [4.78, 5) is 22.5. The zero-order valence-corrected chi connectivity index (χ0v) is 11.7. The summed E-state index contributed by atoms with van der Waals surface area (Å²) < 4.78 is 6.00. The van der Waals surface area contributed by atoms with Gasteiger partial charge >= 0.3 is 0 Å². The molecule has 1 saturated heterocycles. The van der Waals surface area contributed by atoms with Crippen molar-refractivity contribution in [2.45, 2.75) is 64.6 Å². The van der Waals surface area contributed by atoms with Crippen LogP contribution in [0.1, 0.15) is 53.4 Å². The largest absolute Gasteiger partial charge is 0.358 e. The van der Waals surface area contributed by atoms with Gasteiger partial charge in [0.1, 0.15) is 11.4 Å². The first-order valence-electron chi connectivity index (χ1n) is 6.64. The van der Waals surface area contributed by atoms with E-state index >= 15 is 0 Å². The number of allylic oxidation sites excluding steroid dienone is 1. The van der Waals surface area contributed by atoms with Crippen molar-refractivity contribution in [3.63, 3.8) is 0 Å². The monoisotopic (exact) mass is 250 g/mol. The van der Waals surface area contributed by atoms with Gasteiger partial charge in [0.15, 0.2) is 5.78 Å². The van der Waals surface area contributed by atoms with Gasteiger partial charge in [0.2, 0.25) is 0 Å². The average molecular weight is 250 g/mol. The molecule has 1 saturated carbocycles. The third kappa shape index (κ3) is 1.95. The molecule has 2 fully saturated rings. The number of hydrogen-bond acceptors (Lipinski definition) is 3. The maximum absolute atomic E-state index is 11.6. The fourth-order valence-electron chi connectivity index (χ4n) is 3.42. The highest BCUT2D eigenvalue weighted by atomic mass is 16.6. The van der Waals surface area contributed by atoms with E-state index in [0.29, 0.717) is 0 Å². The molecule has 3 nitrogen and oxygen atoms in total. The third-order valence-corrected chi connectivity index (χ3v) is 4.52. The summed E-state index contributed by atoms with van der Waals surface area (Å²) in [5, 5.41) is 0. The Morgan fingerprint density at radius 3 is 2.44 bits per heavy atom. The minimum Gasteiger partial charge on any atom is -0.358 e. The summed E-state index contributed by atoms with van der Waals surface area (Å²) in [6.45, 7) is 7.94. The van der Waals surface area contributed by atoms with Crippen LogP contribution in [-0.4, -0.2) is 22.8 Å². The number of ether oxygens (including phenoxy) is 1. The molecular formula is C15H22O3. The van der Waals surface area contributed by atoms with Crippen LogP contribution in [0.5, 0.6) is 0 Å². The van der Waals surface area contributed by atoms with Gasteiger partial charge in [-0.2, -0.15) is 0 Å². The van der Waals surface area contributed by atoms with Crippen LogP contribution in [0.4, 0.5) is 0 Å². The highest BCUT2D eigenvalue weighted by molar-refractivity contribution is 6.03. The Balaban J connectivity index is 2.15. The Labute approximate surface area is 109 Å². The first-order chi connectivity index (χ1) is 8.22. The molecule has 0 aromatic heterocycles. The SMILES string of the molecule is CC(=O)CC(=O)/C=C/C12OC1(C)CCCC2(C)C. The molecular weight excluding hydrogens is 228 g/mol. The highest BCUT2D eigenvalue weighted by Gasteiger charge is 2.73. The standard InChI is InChI=1S/C15H22O3/c1-11(16)10-12(17)6-9-15-13(2,3)7-5-8-14(15,4)18-15/h6,9H,5,7-8,10H2,1-4H3/b9-6+. The molecule has 100 valence electrons. The second-order valence-electron chi connectivity index (χ2n) is 6.48. The Kier molecular flexibility index (Phi) is 3.01. The topological polar surface area (TPSA) is 46.7 Å². The average Bonchev–Trinajstić information content (AvgIpc) is 2.82. The predicted molar refractivity (Wildman–Crippen MR) is 69.3 cm³/mol. The molecule has 0 spiro atoms. The summed E-state index contributed by atoms with van der Waals surface area (Å²) in [5.74, 6) is -0.222. The predicted octanol–water partition coefficient (Wildman–Crippen LogP) is 2.83. The van der Waals surface area contributed by atoms with Crippen molar-refractivity contribution in [3.05, 3.63) is 12.2 Å². The van der Waals surface area contributed by atoms with Gasteiger partial charge in [-0.1, -0.05) is 13.8 Å². The molecule has 0 aromatic rings. The minimum atomic E-state index is -0.315. The molecule has 2 atom stereocenters.